The lowest BCUT2D eigenvalue weighted by atomic mass is 9.81. The third kappa shape index (κ3) is 4.64. The number of nitrogens with two attached hydrogens (primary N) is 1. The summed E-state index contributed by atoms with van der Waals surface area (Å²) in [4.78, 5) is 27.3. The van der Waals surface area contributed by atoms with Crippen LogP contribution in [0.5, 0.6) is 5.75 Å². The number of allylic oxidation sites excluding steroid dienone is 1. The normalized spacial score (nSPS) is 15.7. The number of esters is 2. The van der Waals surface area contributed by atoms with Crippen LogP contribution in [0.3, 0.4) is 0 Å². The molecule has 1 aliphatic heterocycles. The number of nitrogens with zero attached hydrogens (tertiary/aromatic N) is 2. The van der Waals surface area contributed by atoms with Gasteiger partial charge in [0.2, 0.25) is 0 Å². The lowest BCUT2D eigenvalue weighted by Crippen LogP contribution is -2.40. The first-order valence-corrected chi connectivity index (χ1v) is 10.5. The van der Waals surface area contributed by atoms with E-state index in [4.69, 9.17) is 31.5 Å². The number of alkyl halides is 1. The zero-order chi connectivity index (χ0) is 24.0. The van der Waals surface area contributed by atoms with E-state index >= 15 is 0 Å². The van der Waals surface area contributed by atoms with Crippen molar-refractivity contribution in [3.05, 3.63) is 82.8 Å². The van der Waals surface area contributed by atoms with Gasteiger partial charge in [0.05, 0.1) is 48.9 Å². The largest absolute Gasteiger partial charge is 0.492 e. The van der Waals surface area contributed by atoms with Crippen LogP contribution in [0.15, 0.2) is 77.3 Å². The second-order valence-electron chi connectivity index (χ2n) is 6.87. The van der Waals surface area contributed by atoms with Crippen LogP contribution in [0.1, 0.15) is 11.5 Å². The summed E-state index contributed by atoms with van der Waals surface area (Å²) in [6.45, 7) is 0.267. The molecule has 2 aromatic carbocycles. The summed E-state index contributed by atoms with van der Waals surface area (Å²) in [5.74, 6) is -1.80. The number of benzene rings is 2. The Morgan fingerprint density at radius 1 is 1.09 bits per heavy atom. The van der Waals surface area contributed by atoms with Gasteiger partial charge in [-0.2, -0.15) is 5.26 Å². The summed E-state index contributed by atoms with van der Waals surface area (Å²) in [5, 5.41) is 10.0. The van der Waals surface area contributed by atoms with Crippen molar-refractivity contribution >= 4 is 29.2 Å². The number of methoxy groups -OCH3 is 2. The first kappa shape index (κ1) is 23.7. The van der Waals surface area contributed by atoms with Gasteiger partial charge in [-0.15, -0.1) is 11.6 Å². The van der Waals surface area contributed by atoms with E-state index in [0.29, 0.717) is 17.0 Å². The first-order valence-electron chi connectivity index (χ1n) is 9.92. The fraction of sp³-hybridized carbons (Fsp3) is 0.208. The molecule has 0 aliphatic carbocycles. The average Bonchev–Trinajstić information content (AvgIpc) is 2.86. The monoisotopic (exact) mass is 467 g/mol. The van der Waals surface area contributed by atoms with Crippen molar-refractivity contribution in [2.45, 2.75) is 5.92 Å². The van der Waals surface area contributed by atoms with Gasteiger partial charge >= 0.3 is 11.9 Å². The molecule has 0 amide bonds. The molecule has 2 aromatic rings. The lowest BCUT2D eigenvalue weighted by molar-refractivity contribution is -0.139. The van der Waals surface area contributed by atoms with Crippen molar-refractivity contribution in [1.82, 2.24) is 0 Å². The van der Waals surface area contributed by atoms with Gasteiger partial charge in [-0.25, -0.2) is 9.59 Å². The molecular weight excluding hydrogens is 446 g/mol. The first-order chi connectivity index (χ1) is 16.0. The summed E-state index contributed by atoms with van der Waals surface area (Å²) in [5.41, 5.74) is 7.32. The van der Waals surface area contributed by atoms with Gasteiger partial charge < -0.3 is 19.9 Å². The van der Waals surface area contributed by atoms with Crippen molar-refractivity contribution in [2.75, 3.05) is 31.6 Å². The van der Waals surface area contributed by atoms with Gasteiger partial charge in [0.25, 0.3) is 0 Å². The lowest BCUT2D eigenvalue weighted by Gasteiger charge is -2.36. The zero-order valence-electron chi connectivity index (χ0n) is 18.1. The van der Waals surface area contributed by atoms with E-state index in [1.165, 1.54) is 19.1 Å². The van der Waals surface area contributed by atoms with Gasteiger partial charge in [0.15, 0.2) is 0 Å². The SMILES string of the molecule is COC(=O)C1=C(C(=O)OC)N(c2cccc(OCCCl)c2)C(N)=C(C#N)C1c1ccccc1. The summed E-state index contributed by atoms with van der Waals surface area (Å²) >= 11 is 5.71. The Bertz CT molecular complexity index is 1150. The number of ether oxygens (including phenoxy) is 3. The molecule has 2 N–H and O–H groups in total. The van der Waals surface area contributed by atoms with Crippen LogP contribution < -0.4 is 15.4 Å². The summed E-state index contributed by atoms with van der Waals surface area (Å²) in [6, 6.07) is 17.6. The molecule has 0 saturated heterocycles. The Morgan fingerprint density at radius 3 is 2.39 bits per heavy atom. The summed E-state index contributed by atoms with van der Waals surface area (Å²) < 4.78 is 15.6. The van der Waals surface area contributed by atoms with Crippen LogP contribution in [0.4, 0.5) is 5.69 Å². The highest BCUT2D eigenvalue weighted by Crippen LogP contribution is 2.43. The number of nitriles is 1. The molecule has 0 bridgehead atoms. The second kappa shape index (κ2) is 10.6. The topological polar surface area (TPSA) is 115 Å². The number of carbonyl (C=O) groups excluding carboxylic acids is 2. The molecule has 33 heavy (non-hydrogen) atoms. The maximum Gasteiger partial charge on any atom is 0.355 e. The minimum Gasteiger partial charge on any atom is -0.492 e. The highest BCUT2D eigenvalue weighted by atomic mass is 35.5. The van der Waals surface area contributed by atoms with Crippen molar-refractivity contribution in [1.29, 1.82) is 5.26 Å². The quantitative estimate of drug-likeness (QED) is 0.487. The van der Waals surface area contributed by atoms with E-state index in [2.05, 4.69) is 6.07 Å². The second-order valence-corrected chi connectivity index (χ2v) is 7.25. The third-order valence-corrected chi connectivity index (χ3v) is 5.19. The molecule has 170 valence electrons. The Balaban J connectivity index is 2.33. The molecule has 0 aromatic heterocycles. The molecule has 8 nitrogen and oxygen atoms in total. The smallest absolute Gasteiger partial charge is 0.355 e. The van der Waals surface area contributed by atoms with Gasteiger partial charge in [-0.3, -0.25) is 4.90 Å². The number of halogens is 1. The molecule has 3 rings (SSSR count). The number of carbonyl (C=O) groups is 2. The molecule has 9 heteroatoms. The molecular formula is C24H22ClN3O5. The molecule has 1 aliphatic rings. The van der Waals surface area contributed by atoms with Crippen LogP contribution >= 0.6 is 11.6 Å². The standard InChI is InChI=1S/C24H22ClN3O5/c1-31-23(29)20-19(15-7-4-3-5-8-15)18(14-26)22(27)28(21(20)24(30)32-2)16-9-6-10-17(13-16)33-12-11-25/h3-10,13,19H,11-12,27H2,1-2H3. The fourth-order valence-electron chi connectivity index (χ4n) is 3.65. The molecule has 1 atom stereocenters. The van der Waals surface area contributed by atoms with Gasteiger partial charge in [0, 0.05) is 6.07 Å². The molecule has 1 unspecified atom stereocenters. The van der Waals surface area contributed by atoms with E-state index in [0.717, 1.165) is 0 Å². The van der Waals surface area contributed by atoms with E-state index in [9.17, 15) is 14.9 Å². The molecule has 1 heterocycles. The van der Waals surface area contributed by atoms with Gasteiger partial charge in [0.1, 0.15) is 23.9 Å². The fourth-order valence-corrected chi connectivity index (χ4v) is 3.73. The van der Waals surface area contributed by atoms with Crippen molar-refractivity contribution in [3.8, 4) is 11.8 Å². The predicted octanol–water partition coefficient (Wildman–Crippen LogP) is 3.20. The Hall–Kier alpha value is -3.96. The molecule has 0 radical (unpaired) electrons. The van der Waals surface area contributed by atoms with Crippen molar-refractivity contribution < 1.29 is 23.8 Å². The summed E-state index contributed by atoms with van der Waals surface area (Å²) in [7, 11) is 2.39. The van der Waals surface area contributed by atoms with E-state index in [1.54, 1.807) is 54.6 Å². The zero-order valence-corrected chi connectivity index (χ0v) is 18.8. The van der Waals surface area contributed by atoms with Gasteiger partial charge in [-0.1, -0.05) is 36.4 Å². The van der Waals surface area contributed by atoms with E-state index in [1.807, 2.05) is 0 Å². The average molecular weight is 468 g/mol. The van der Waals surface area contributed by atoms with E-state index in [-0.39, 0.29) is 35.2 Å². The Labute approximate surface area is 196 Å². The van der Waals surface area contributed by atoms with Crippen molar-refractivity contribution in [2.24, 2.45) is 5.73 Å². The van der Waals surface area contributed by atoms with Crippen LogP contribution in [0, 0.1) is 11.3 Å². The van der Waals surface area contributed by atoms with Crippen LogP contribution in [0.25, 0.3) is 0 Å². The predicted molar refractivity (Wildman–Crippen MR) is 122 cm³/mol. The number of anilines is 1. The van der Waals surface area contributed by atoms with Crippen LogP contribution in [-0.2, 0) is 19.1 Å². The number of hydrogen-bond acceptors (Lipinski definition) is 8. The minimum absolute atomic E-state index is 0.0195. The molecule has 0 fully saturated rings. The minimum atomic E-state index is -0.926. The Kier molecular flexibility index (Phi) is 7.59. The number of rotatable bonds is 7. The highest BCUT2D eigenvalue weighted by Gasteiger charge is 2.43. The Morgan fingerprint density at radius 2 is 1.79 bits per heavy atom. The molecule has 0 spiro atoms. The van der Waals surface area contributed by atoms with Crippen LogP contribution in [0.2, 0.25) is 0 Å². The van der Waals surface area contributed by atoms with Crippen molar-refractivity contribution in [3.63, 3.8) is 0 Å². The van der Waals surface area contributed by atoms with Gasteiger partial charge in [-0.05, 0) is 17.7 Å². The maximum atomic E-state index is 13.0. The highest BCUT2D eigenvalue weighted by molar-refractivity contribution is 6.18. The van der Waals surface area contributed by atoms with E-state index < -0.39 is 17.9 Å². The third-order valence-electron chi connectivity index (χ3n) is 5.03. The summed E-state index contributed by atoms with van der Waals surface area (Å²) in [6.07, 6.45) is 0. The molecule has 0 saturated carbocycles. The van der Waals surface area contributed by atoms with Crippen LogP contribution in [-0.4, -0.2) is 38.6 Å². The number of hydrogen-bond donors (Lipinski definition) is 1. The maximum absolute atomic E-state index is 13.0.